The number of hydrogen-bond acceptors (Lipinski definition) is 3. The first-order valence-electron chi connectivity index (χ1n) is 10.5. The Morgan fingerprint density at radius 1 is 1.08 bits per heavy atom. The lowest BCUT2D eigenvalue weighted by molar-refractivity contribution is -0.0139. The zero-order valence-electron chi connectivity index (χ0n) is 16.6. The molecule has 3 aliphatic rings. The van der Waals surface area contributed by atoms with Crippen LogP contribution in [0, 0.1) is 5.41 Å². The van der Waals surface area contributed by atoms with Gasteiger partial charge in [-0.3, -0.25) is 9.89 Å². The molecule has 0 spiro atoms. The van der Waals surface area contributed by atoms with Crippen LogP contribution in [0.2, 0.25) is 0 Å². The summed E-state index contributed by atoms with van der Waals surface area (Å²) in [5.41, 5.74) is 0.671. The molecule has 3 aliphatic heterocycles. The Kier molecular flexibility index (Phi) is 6.26. The number of guanidine groups is 1. The van der Waals surface area contributed by atoms with Crippen molar-refractivity contribution < 1.29 is 4.74 Å². The minimum Gasteiger partial charge on any atom is -0.381 e. The van der Waals surface area contributed by atoms with Gasteiger partial charge < -0.3 is 15.0 Å². The van der Waals surface area contributed by atoms with Crippen molar-refractivity contribution in [1.82, 2.24) is 15.1 Å². The van der Waals surface area contributed by atoms with Gasteiger partial charge in [0.25, 0.3) is 0 Å². The Morgan fingerprint density at radius 3 is 2.40 bits per heavy atom. The molecule has 0 radical (unpaired) electrons. The zero-order valence-corrected chi connectivity index (χ0v) is 16.6. The second-order valence-electron chi connectivity index (χ2n) is 8.54. The van der Waals surface area contributed by atoms with E-state index in [1.54, 1.807) is 0 Å². The SMILES string of the molecule is CCNC(=NCC1(N2CCCC2)CCOCC1)N1CCC(C)(CC)C1. The minimum absolute atomic E-state index is 0.225. The Balaban J connectivity index is 1.72. The molecule has 3 fully saturated rings. The standard InChI is InChI=1S/C20H38N4O/c1-4-19(3)8-13-23(17-19)18(21-5-2)22-16-20(9-14-25-15-10-20)24-11-6-7-12-24/h4-17H2,1-3H3,(H,21,22). The highest BCUT2D eigenvalue weighted by Gasteiger charge is 2.40. The highest BCUT2D eigenvalue weighted by Crippen LogP contribution is 2.34. The summed E-state index contributed by atoms with van der Waals surface area (Å²) in [7, 11) is 0. The number of likely N-dealkylation sites (tertiary alicyclic amines) is 2. The third-order valence-electron chi connectivity index (χ3n) is 6.77. The average Bonchev–Trinajstić information content (AvgIpc) is 3.30. The van der Waals surface area contributed by atoms with Crippen LogP contribution in [0.25, 0.3) is 0 Å². The number of nitrogens with one attached hydrogen (secondary N) is 1. The fraction of sp³-hybridized carbons (Fsp3) is 0.950. The maximum absolute atomic E-state index is 5.68. The monoisotopic (exact) mass is 350 g/mol. The smallest absolute Gasteiger partial charge is 0.193 e. The number of ether oxygens (including phenoxy) is 1. The van der Waals surface area contributed by atoms with Crippen molar-refractivity contribution in [2.75, 3.05) is 52.5 Å². The van der Waals surface area contributed by atoms with E-state index in [4.69, 9.17) is 9.73 Å². The summed E-state index contributed by atoms with van der Waals surface area (Å²) in [5, 5.41) is 3.56. The van der Waals surface area contributed by atoms with Crippen LogP contribution in [-0.2, 0) is 4.74 Å². The summed E-state index contributed by atoms with van der Waals surface area (Å²) in [6.07, 6.45) is 7.46. The Morgan fingerprint density at radius 2 is 1.80 bits per heavy atom. The molecule has 5 heteroatoms. The van der Waals surface area contributed by atoms with Crippen LogP contribution >= 0.6 is 0 Å². The molecule has 0 bridgehead atoms. The van der Waals surface area contributed by atoms with Gasteiger partial charge in [0.05, 0.1) is 6.54 Å². The van der Waals surface area contributed by atoms with Crippen LogP contribution in [0.4, 0.5) is 0 Å². The Labute approximate surface area is 154 Å². The molecule has 0 aromatic carbocycles. The van der Waals surface area contributed by atoms with E-state index in [2.05, 4.69) is 35.9 Å². The van der Waals surface area contributed by atoms with Crippen LogP contribution < -0.4 is 5.32 Å². The largest absolute Gasteiger partial charge is 0.381 e. The molecular formula is C20H38N4O. The van der Waals surface area contributed by atoms with Gasteiger partial charge in [0.1, 0.15) is 0 Å². The molecule has 0 aromatic heterocycles. The average molecular weight is 351 g/mol. The first-order valence-corrected chi connectivity index (χ1v) is 10.5. The number of hydrogen-bond donors (Lipinski definition) is 1. The van der Waals surface area contributed by atoms with Gasteiger partial charge in [-0.05, 0) is 64.0 Å². The fourth-order valence-corrected chi connectivity index (χ4v) is 4.66. The summed E-state index contributed by atoms with van der Waals surface area (Å²) in [6.45, 7) is 15.3. The predicted octanol–water partition coefficient (Wildman–Crippen LogP) is 2.72. The third-order valence-corrected chi connectivity index (χ3v) is 6.77. The van der Waals surface area contributed by atoms with Crippen molar-refractivity contribution in [3.05, 3.63) is 0 Å². The van der Waals surface area contributed by atoms with Gasteiger partial charge in [-0.25, -0.2) is 0 Å². The Bertz CT molecular complexity index is 455. The van der Waals surface area contributed by atoms with Crippen molar-refractivity contribution in [3.63, 3.8) is 0 Å². The van der Waals surface area contributed by atoms with Gasteiger partial charge in [0.15, 0.2) is 5.96 Å². The summed E-state index contributed by atoms with van der Waals surface area (Å²) < 4.78 is 5.68. The lowest BCUT2D eigenvalue weighted by atomic mass is 9.87. The predicted molar refractivity (Wildman–Crippen MR) is 104 cm³/mol. The van der Waals surface area contributed by atoms with Gasteiger partial charge in [-0.1, -0.05) is 13.8 Å². The van der Waals surface area contributed by atoms with E-state index in [1.165, 1.54) is 38.8 Å². The molecule has 3 rings (SSSR count). The molecule has 1 unspecified atom stereocenters. The van der Waals surface area contributed by atoms with Crippen molar-refractivity contribution in [3.8, 4) is 0 Å². The molecule has 0 amide bonds. The van der Waals surface area contributed by atoms with Gasteiger partial charge in [0.2, 0.25) is 0 Å². The zero-order chi connectivity index (χ0) is 17.8. The van der Waals surface area contributed by atoms with Crippen LogP contribution in [0.15, 0.2) is 4.99 Å². The van der Waals surface area contributed by atoms with E-state index in [0.717, 1.165) is 58.2 Å². The molecule has 0 aromatic rings. The number of rotatable bonds is 5. The van der Waals surface area contributed by atoms with Crippen molar-refractivity contribution in [1.29, 1.82) is 0 Å². The molecule has 25 heavy (non-hydrogen) atoms. The second-order valence-corrected chi connectivity index (χ2v) is 8.54. The fourth-order valence-electron chi connectivity index (χ4n) is 4.66. The van der Waals surface area contributed by atoms with E-state index < -0.39 is 0 Å². The summed E-state index contributed by atoms with van der Waals surface area (Å²) in [6, 6.07) is 0. The molecule has 144 valence electrons. The molecular weight excluding hydrogens is 312 g/mol. The van der Waals surface area contributed by atoms with Crippen molar-refractivity contribution >= 4 is 5.96 Å². The number of aliphatic imine (C=N–C) groups is 1. The normalized spacial score (nSPS) is 30.8. The molecule has 3 saturated heterocycles. The summed E-state index contributed by atoms with van der Waals surface area (Å²) in [4.78, 5) is 10.4. The van der Waals surface area contributed by atoms with Gasteiger partial charge >= 0.3 is 0 Å². The van der Waals surface area contributed by atoms with Crippen molar-refractivity contribution in [2.24, 2.45) is 10.4 Å². The van der Waals surface area contributed by atoms with Crippen LogP contribution in [-0.4, -0.2) is 73.8 Å². The molecule has 0 saturated carbocycles. The Hall–Kier alpha value is -0.810. The first kappa shape index (κ1) is 19.0. The molecule has 1 N–H and O–H groups in total. The molecule has 3 heterocycles. The molecule has 5 nitrogen and oxygen atoms in total. The van der Waals surface area contributed by atoms with Crippen LogP contribution in [0.3, 0.4) is 0 Å². The highest BCUT2D eigenvalue weighted by atomic mass is 16.5. The van der Waals surface area contributed by atoms with Gasteiger partial charge in [-0.15, -0.1) is 0 Å². The lowest BCUT2D eigenvalue weighted by Crippen LogP contribution is -2.54. The second kappa shape index (κ2) is 8.26. The first-order chi connectivity index (χ1) is 12.1. The summed E-state index contributed by atoms with van der Waals surface area (Å²) in [5.74, 6) is 1.13. The van der Waals surface area contributed by atoms with Crippen LogP contribution in [0.1, 0.15) is 59.3 Å². The van der Waals surface area contributed by atoms with Crippen molar-refractivity contribution in [2.45, 2.75) is 64.8 Å². The quantitative estimate of drug-likeness (QED) is 0.611. The van der Waals surface area contributed by atoms with Gasteiger partial charge in [-0.2, -0.15) is 0 Å². The van der Waals surface area contributed by atoms with Crippen LogP contribution in [0.5, 0.6) is 0 Å². The maximum Gasteiger partial charge on any atom is 0.193 e. The van der Waals surface area contributed by atoms with E-state index in [1.807, 2.05) is 0 Å². The van der Waals surface area contributed by atoms with E-state index in [0.29, 0.717) is 5.41 Å². The minimum atomic E-state index is 0.225. The number of nitrogens with zero attached hydrogens (tertiary/aromatic N) is 3. The maximum atomic E-state index is 5.68. The molecule has 1 atom stereocenters. The highest BCUT2D eigenvalue weighted by molar-refractivity contribution is 5.80. The lowest BCUT2D eigenvalue weighted by Gasteiger charge is -2.44. The van der Waals surface area contributed by atoms with Gasteiger partial charge in [0, 0.05) is 38.4 Å². The van der Waals surface area contributed by atoms with E-state index in [-0.39, 0.29) is 5.54 Å². The third kappa shape index (κ3) is 4.30. The topological polar surface area (TPSA) is 40.1 Å². The summed E-state index contributed by atoms with van der Waals surface area (Å²) >= 11 is 0. The van der Waals surface area contributed by atoms with E-state index in [9.17, 15) is 0 Å². The van der Waals surface area contributed by atoms with E-state index >= 15 is 0 Å². The molecule has 0 aliphatic carbocycles.